The maximum Gasteiger partial charge on any atom is 0.231 e. The minimum absolute atomic E-state index is 0.0287. The van der Waals surface area contributed by atoms with Crippen LogP contribution < -0.4 is 10.6 Å². The maximum absolute atomic E-state index is 12.8. The van der Waals surface area contributed by atoms with E-state index in [1.807, 2.05) is 17.0 Å². The molecule has 2 amide bonds. The zero-order valence-electron chi connectivity index (χ0n) is 12.3. The van der Waals surface area contributed by atoms with Crippen LogP contribution in [0, 0.1) is 0 Å². The first-order chi connectivity index (χ1) is 10.1. The fraction of sp³-hybridized carbons (Fsp3) is 0.500. The first-order valence-corrected chi connectivity index (χ1v) is 7.49. The molecule has 0 saturated carbocycles. The molecule has 1 aromatic rings. The van der Waals surface area contributed by atoms with Crippen LogP contribution in [0.1, 0.15) is 30.4 Å². The van der Waals surface area contributed by atoms with Crippen molar-refractivity contribution in [2.24, 2.45) is 0 Å². The van der Waals surface area contributed by atoms with E-state index >= 15 is 0 Å². The number of carbonyl (C=O) groups is 2. The Balaban J connectivity index is 1.71. The second-order valence-corrected chi connectivity index (χ2v) is 5.85. The molecule has 0 aromatic heterocycles. The molecule has 1 saturated heterocycles. The summed E-state index contributed by atoms with van der Waals surface area (Å²) in [6.07, 6.45) is 0.840. The first-order valence-electron chi connectivity index (χ1n) is 7.49. The number of nitrogens with zero attached hydrogens (tertiary/aromatic N) is 1. The number of nitrogens with one attached hydrogen (secondary N) is 2. The van der Waals surface area contributed by atoms with E-state index in [-0.39, 0.29) is 23.8 Å². The number of amides is 2. The van der Waals surface area contributed by atoms with E-state index in [2.05, 4.69) is 22.8 Å². The van der Waals surface area contributed by atoms with E-state index in [1.165, 1.54) is 12.5 Å². The van der Waals surface area contributed by atoms with Crippen LogP contribution in [0.5, 0.6) is 0 Å². The third-order valence-corrected chi connectivity index (χ3v) is 4.30. The second-order valence-electron chi connectivity index (χ2n) is 5.85. The van der Waals surface area contributed by atoms with Crippen LogP contribution in [0.3, 0.4) is 0 Å². The summed E-state index contributed by atoms with van der Waals surface area (Å²) >= 11 is 0. The Morgan fingerprint density at radius 3 is 2.95 bits per heavy atom. The molecule has 1 fully saturated rings. The van der Waals surface area contributed by atoms with Gasteiger partial charge < -0.3 is 15.5 Å². The maximum atomic E-state index is 12.8. The van der Waals surface area contributed by atoms with Gasteiger partial charge in [0, 0.05) is 39.1 Å². The van der Waals surface area contributed by atoms with E-state index in [1.54, 1.807) is 0 Å². The normalized spacial score (nSPS) is 24.5. The summed E-state index contributed by atoms with van der Waals surface area (Å²) in [6.45, 7) is 4.39. The van der Waals surface area contributed by atoms with Gasteiger partial charge in [-0.25, -0.2) is 0 Å². The highest BCUT2D eigenvalue weighted by Crippen LogP contribution is 2.27. The van der Waals surface area contributed by atoms with E-state index in [0.717, 1.165) is 25.1 Å². The first kappa shape index (κ1) is 14.1. The number of hydrogen-bond donors (Lipinski definition) is 2. The van der Waals surface area contributed by atoms with E-state index in [9.17, 15) is 9.59 Å². The van der Waals surface area contributed by atoms with Crippen molar-refractivity contribution in [2.75, 3.05) is 19.6 Å². The van der Waals surface area contributed by atoms with Gasteiger partial charge in [0.2, 0.25) is 11.8 Å². The van der Waals surface area contributed by atoms with Crippen LogP contribution >= 0.6 is 0 Å². The van der Waals surface area contributed by atoms with Crippen LogP contribution in [-0.2, 0) is 16.1 Å². The van der Waals surface area contributed by atoms with Crippen molar-refractivity contribution < 1.29 is 9.59 Å². The molecule has 0 spiro atoms. The Morgan fingerprint density at radius 1 is 1.33 bits per heavy atom. The van der Waals surface area contributed by atoms with Gasteiger partial charge in [-0.3, -0.25) is 9.59 Å². The molecule has 0 aliphatic carbocycles. The zero-order valence-corrected chi connectivity index (χ0v) is 12.3. The third-order valence-electron chi connectivity index (χ3n) is 4.30. The molecule has 3 rings (SSSR count). The smallest absolute Gasteiger partial charge is 0.231 e. The van der Waals surface area contributed by atoms with Crippen molar-refractivity contribution in [3.8, 4) is 0 Å². The molecule has 1 aromatic carbocycles. The molecule has 21 heavy (non-hydrogen) atoms. The van der Waals surface area contributed by atoms with Gasteiger partial charge in [-0.2, -0.15) is 0 Å². The van der Waals surface area contributed by atoms with Crippen LogP contribution in [0.2, 0.25) is 0 Å². The Morgan fingerprint density at radius 2 is 2.14 bits per heavy atom. The van der Waals surface area contributed by atoms with Gasteiger partial charge in [-0.05, 0) is 17.5 Å². The highest BCUT2D eigenvalue weighted by Gasteiger charge is 2.33. The van der Waals surface area contributed by atoms with E-state index in [0.29, 0.717) is 13.1 Å². The van der Waals surface area contributed by atoms with E-state index < -0.39 is 0 Å². The number of hydrogen-bond acceptors (Lipinski definition) is 3. The molecular weight excluding hydrogens is 266 g/mol. The molecule has 0 radical (unpaired) electrons. The number of likely N-dealkylation sites (tertiary alicyclic amines) is 1. The van der Waals surface area contributed by atoms with Gasteiger partial charge in [-0.1, -0.05) is 24.3 Å². The largest absolute Gasteiger partial charge is 0.352 e. The van der Waals surface area contributed by atoms with E-state index in [4.69, 9.17) is 0 Å². The lowest BCUT2D eigenvalue weighted by Gasteiger charge is -2.29. The second kappa shape index (κ2) is 5.85. The van der Waals surface area contributed by atoms with Crippen molar-refractivity contribution in [1.29, 1.82) is 0 Å². The molecule has 2 aliphatic rings. The molecule has 0 bridgehead atoms. The van der Waals surface area contributed by atoms with Gasteiger partial charge >= 0.3 is 0 Å². The summed E-state index contributed by atoms with van der Waals surface area (Å²) in [5.74, 6) is 0.0347. The van der Waals surface area contributed by atoms with Gasteiger partial charge in [0.15, 0.2) is 0 Å². The molecular formula is C16H21N3O2. The van der Waals surface area contributed by atoms with Gasteiger partial charge in [-0.15, -0.1) is 0 Å². The minimum Gasteiger partial charge on any atom is -0.352 e. The number of benzene rings is 1. The Bertz CT molecular complexity index is 558. The molecule has 5 heteroatoms. The molecule has 2 aliphatic heterocycles. The molecule has 112 valence electrons. The number of fused-ring (bicyclic) bond motifs is 1. The molecule has 2 unspecified atom stereocenters. The molecule has 2 heterocycles. The average molecular weight is 287 g/mol. The van der Waals surface area contributed by atoms with Crippen LogP contribution in [0.25, 0.3) is 0 Å². The highest BCUT2D eigenvalue weighted by atomic mass is 16.2. The van der Waals surface area contributed by atoms with Gasteiger partial charge in [0.25, 0.3) is 0 Å². The van der Waals surface area contributed by atoms with Gasteiger partial charge in [0.05, 0.1) is 5.92 Å². The molecule has 2 N–H and O–H groups in total. The summed E-state index contributed by atoms with van der Waals surface area (Å²) in [5, 5.41) is 6.22. The number of rotatable bonds is 2. The fourth-order valence-corrected chi connectivity index (χ4v) is 3.30. The summed E-state index contributed by atoms with van der Waals surface area (Å²) in [6, 6.07) is 8.23. The Kier molecular flexibility index (Phi) is 3.92. The minimum atomic E-state index is -0.106. The average Bonchev–Trinajstić information content (AvgIpc) is 2.93. The van der Waals surface area contributed by atoms with Crippen molar-refractivity contribution in [1.82, 2.24) is 15.5 Å². The lowest BCUT2D eigenvalue weighted by molar-refractivity contribution is -0.132. The molecule has 2 atom stereocenters. The predicted octanol–water partition coefficient (Wildman–Crippen LogP) is 0.610. The predicted molar refractivity (Wildman–Crippen MR) is 79.7 cm³/mol. The van der Waals surface area contributed by atoms with Crippen LogP contribution in [-0.4, -0.2) is 42.4 Å². The topological polar surface area (TPSA) is 61.4 Å². The highest BCUT2D eigenvalue weighted by molar-refractivity contribution is 5.85. The quantitative estimate of drug-likeness (QED) is 0.838. The lowest BCUT2D eigenvalue weighted by atomic mass is 9.90. The summed E-state index contributed by atoms with van der Waals surface area (Å²) in [5.41, 5.74) is 2.35. The fourth-order valence-electron chi connectivity index (χ4n) is 3.30. The third kappa shape index (κ3) is 2.93. The Hall–Kier alpha value is -1.88. The van der Waals surface area contributed by atoms with Crippen LogP contribution in [0.15, 0.2) is 24.3 Å². The van der Waals surface area contributed by atoms with Crippen molar-refractivity contribution in [3.63, 3.8) is 0 Å². The lowest BCUT2D eigenvalue weighted by Crippen LogP contribution is -2.42. The zero-order chi connectivity index (χ0) is 14.8. The molecule has 5 nitrogen and oxygen atoms in total. The van der Waals surface area contributed by atoms with Crippen molar-refractivity contribution in [2.45, 2.75) is 31.8 Å². The summed E-state index contributed by atoms with van der Waals surface area (Å²) in [7, 11) is 0. The number of carbonyl (C=O) groups excluding carboxylic acids is 2. The monoisotopic (exact) mass is 287 g/mol. The van der Waals surface area contributed by atoms with Crippen molar-refractivity contribution in [3.05, 3.63) is 35.4 Å². The summed E-state index contributed by atoms with van der Waals surface area (Å²) < 4.78 is 0. The summed E-state index contributed by atoms with van der Waals surface area (Å²) in [4.78, 5) is 25.8. The van der Waals surface area contributed by atoms with Crippen molar-refractivity contribution >= 4 is 11.8 Å². The van der Waals surface area contributed by atoms with Gasteiger partial charge in [0.1, 0.15) is 0 Å². The SMILES string of the molecule is CC(=O)NC1CCN(C(=O)C2CNCc3ccccc32)C1. The Labute approximate surface area is 124 Å². The standard InChI is InChI=1S/C16H21N3O2/c1-11(20)18-13-6-7-19(10-13)16(21)15-9-17-8-12-4-2-3-5-14(12)15/h2-5,13,15,17H,6-10H2,1H3,(H,18,20). The van der Waals surface area contributed by atoms with Crippen LogP contribution in [0.4, 0.5) is 0 Å².